The number of aliphatic hydroxyl groups is 1. The quantitative estimate of drug-likeness (QED) is 0.881. The average molecular weight is 344 g/mol. The molecule has 3 heterocycles. The summed E-state index contributed by atoms with van der Waals surface area (Å²) >= 11 is 0. The van der Waals surface area contributed by atoms with Crippen LogP contribution in [0.15, 0.2) is 30.3 Å². The van der Waals surface area contributed by atoms with Crippen LogP contribution < -0.4 is 0 Å². The number of likely N-dealkylation sites (tertiary alicyclic amines) is 1. The first-order chi connectivity index (χ1) is 12.0. The molecule has 1 aromatic rings. The Morgan fingerprint density at radius 1 is 1.08 bits per heavy atom. The summed E-state index contributed by atoms with van der Waals surface area (Å²) in [6, 6.07) is 11.4. The predicted molar refractivity (Wildman–Crippen MR) is 102 cm³/mol. The van der Waals surface area contributed by atoms with Crippen LogP contribution in [0.5, 0.6) is 0 Å². The summed E-state index contributed by atoms with van der Waals surface area (Å²) in [4.78, 5) is 7.93. The van der Waals surface area contributed by atoms with E-state index < -0.39 is 0 Å². The number of nitrogens with zero attached hydrogens (tertiary/aromatic N) is 3. The van der Waals surface area contributed by atoms with Crippen molar-refractivity contribution in [2.75, 3.05) is 45.8 Å². The number of hydrogen-bond donors (Lipinski definition) is 1. The molecule has 4 rings (SSSR count). The highest BCUT2D eigenvalue weighted by Gasteiger charge is 2.55. The molecular weight excluding hydrogens is 310 g/mol. The lowest BCUT2D eigenvalue weighted by atomic mass is 9.83. The maximum atomic E-state index is 10.2. The van der Waals surface area contributed by atoms with Gasteiger partial charge in [-0.05, 0) is 24.3 Å². The fourth-order valence-electron chi connectivity index (χ4n) is 5.33. The van der Waals surface area contributed by atoms with Crippen molar-refractivity contribution in [2.45, 2.75) is 44.4 Å². The molecule has 138 valence electrons. The molecule has 1 aromatic carbocycles. The van der Waals surface area contributed by atoms with Crippen LogP contribution in [-0.4, -0.2) is 83.3 Å². The number of rotatable bonds is 5. The Hall–Kier alpha value is -0.940. The van der Waals surface area contributed by atoms with Gasteiger partial charge in [0.1, 0.15) is 0 Å². The number of aliphatic hydroxyl groups excluding tert-OH is 1. The largest absolute Gasteiger partial charge is 0.392 e. The zero-order chi connectivity index (χ0) is 17.4. The first kappa shape index (κ1) is 17.5. The van der Waals surface area contributed by atoms with Crippen molar-refractivity contribution in [3.8, 4) is 0 Å². The zero-order valence-corrected chi connectivity index (χ0v) is 15.8. The molecule has 3 saturated heterocycles. The molecule has 1 N–H and O–H groups in total. The van der Waals surface area contributed by atoms with Gasteiger partial charge in [-0.15, -0.1) is 0 Å². The van der Waals surface area contributed by atoms with E-state index in [9.17, 15) is 5.11 Å². The van der Waals surface area contributed by atoms with Gasteiger partial charge < -0.3 is 5.11 Å². The van der Waals surface area contributed by atoms with E-state index in [4.69, 9.17) is 0 Å². The molecule has 3 aliphatic rings. The van der Waals surface area contributed by atoms with Crippen molar-refractivity contribution in [3.05, 3.63) is 35.9 Å². The highest BCUT2D eigenvalue weighted by molar-refractivity contribution is 5.16. The van der Waals surface area contributed by atoms with Crippen molar-refractivity contribution in [1.29, 1.82) is 0 Å². The van der Waals surface area contributed by atoms with Gasteiger partial charge in [0.25, 0.3) is 0 Å². The van der Waals surface area contributed by atoms with E-state index in [0.717, 1.165) is 44.9 Å². The van der Waals surface area contributed by atoms with E-state index in [0.29, 0.717) is 6.04 Å². The van der Waals surface area contributed by atoms with Crippen LogP contribution >= 0.6 is 0 Å². The lowest BCUT2D eigenvalue weighted by molar-refractivity contribution is -0.115. The lowest BCUT2D eigenvalue weighted by Crippen LogP contribution is -2.78. The van der Waals surface area contributed by atoms with Crippen LogP contribution in [-0.2, 0) is 6.42 Å². The monoisotopic (exact) mass is 343 g/mol. The summed E-state index contributed by atoms with van der Waals surface area (Å²) in [7, 11) is 0. The average Bonchev–Trinajstić information content (AvgIpc) is 2.93. The van der Waals surface area contributed by atoms with E-state index >= 15 is 0 Å². The van der Waals surface area contributed by atoms with Crippen LogP contribution in [0.1, 0.15) is 25.8 Å². The van der Waals surface area contributed by atoms with Crippen molar-refractivity contribution in [2.24, 2.45) is 5.92 Å². The van der Waals surface area contributed by atoms with E-state index in [1.807, 2.05) is 0 Å². The topological polar surface area (TPSA) is 30.0 Å². The predicted octanol–water partition coefficient (Wildman–Crippen LogP) is 1.69. The van der Waals surface area contributed by atoms with Gasteiger partial charge in [0.2, 0.25) is 0 Å². The van der Waals surface area contributed by atoms with Crippen molar-refractivity contribution in [1.82, 2.24) is 14.7 Å². The Kier molecular flexibility index (Phi) is 4.89. The van der Waals surface area contributed by atoms with Crippen molar-refractivity contribution in [3.63, 3.8) is 0 Å². The maximum Gasteiger partial charge on any atom is 0.0682 e. The SMILES string of the molecule is CC(C)CN1CC2(CN(CCc3ccccc3)CC3CC(O)CN32)C1. The lowest BCUT2D eigenvalue weighted by Gasteiger charge is -2.61. The molecule has 1 spiro atoms. The number of hydrogen-bond acceptors (Lipinski definition) is 4. The van der Waals surface area contributed by atoms with E-state index in [2.05, 4.69) is 58.9 Å². The Bertz CT molecular complexity index is 570. The molecule has 0 aromatic heterocycles. The van der Waals surface area contributed by atoms with Gasteiger partial charge in [0, 0.05) is 51.9 Å². The van der Waals surface area contributed by atoms with E-state index in [1.165, 1.54) is 25.2 Å². The second kappa shape index (κ2) is 6.99. The fourth-order valence-corrected chi connectivity index (χ4v) is 5.33. The molecule has 0 radical (unpaired) electrons. The Morgan fingerprint density at radius 2 is 1.80 bits per heavy atom. The molecule has 3 fully saturated rings. The van der Waals surface area contributed by atoms with Crippen LogP contribution in [0, 0.1) is 5.92 Å². The molecule has 2 unspecified atom stereocenters. The standard InChI is InChI=1S/C21H33N3O/c1-17(2)11-23-15-21(16-23)14-22(9-8-18-6-4-3-5-7-18)12-19-10-20(25)13-24(19)21/h3-7,17,19-20,25H,8-16H2,1-2H3. The first-order valence-corrected chi connectivity index (χ1v) is 9.97. The summed E-state index contributed by atoms with van der Waals surface area (Å²) in [5.41, 5.74) is 1.71. The molecular formula is C21H33N3O. The van der Waals surface area contributed by atoms with Gasteiger partial charge in [-0.2, -0.15) is 0 Å². The maximum absolute atomic E-state index is 10.2. The molecule has 2 atom stereocenters. The minimum atomic E-state index is -0.130. The molecule has 4 heteroatoms. The van der Waals surface area contributed by atoms with Gasteiger partial charge >= 0.3 is 0 Å². The van der Waals surface area contributed by atoms with Crippen LogP contribution in [0.4, 0.5) is 0 Å². The normalized spacial score (nSPS) is 29.9. The second-order valence-electron chi connectivity index (χ2n) is 8.95. The van der Waals surface area contributed by atoms with Gasteiger partial charge in [-0.1, -0.05) is 44.2 Å². The first-order valence-electron chi connectivity index (χ1n) is 9.97. The summed E-state index contributed by atoms with van der Waals surface area (Å²) in [6.45, 7) is 12.5. The molecule has 0 saturated carbocycles. The van der Waals surface area contributed by atoms with Crippen LogP contribution in [0.2, 0.25) is 0 Å². The highest BCUT2D eigenvalue weighted by Crippen LogP contribution is 2.39. The summed E-state index contributed by atoms with van der Waals surface area (Å²) in [6.07, 6.45) is 1.95. The zero-order valence-electron chi connectivity index (χ0n) is 15.8. The van der Waals surface area contributed by atoms with Gasteiger partial charge in [0.05, 0.1) is 11.6 Å². The van der Waals surface area contributed by atoms with Gasteiger partial charge in [-0.3, -0.25) is 14.7 Å². The summed E-state index contributed by atoms with van der Waals surface area (Å²) < 4.78 is 0. The van der Waals surface area contributed by atoms with Crippen molar-refractivity contribution >= 4 is 0 Å². The minimum absolute atomic E-state index is 0.130. The second-order valence-corrected chi connectivity index (χ2v) is 8.95. The van der Waals surface area contributed by atoms with Crippen LogP contribution in [0.3, 0.4) is 0 Å². The van der Waals surface area contributed by atoms with Crippen LogP contribution in [0.25, 0.3) is 0 Å². The number of benzene rings is 1. The Labute approximate surface area is 152 Å². The van der Waals surface area contributed by atoms with Gasteiger partial charge in [0.15, 0.2) is 0 Å². The third kappa shape index (κ3) is 3.63. The van der Waals surface area contributed by atoms with Crippen molar-refractivity contribution < 1.29 is 5.11 Å². The highest BCUT2D eigenvalue weighted by atomic mass is 16.3. The van der Waals surface area contributed by atoms with E-state index in [1.54, 1.807) is 0 Å². The fraction of sp³-hybridized carbons (Fsp3) is 0.714. The number of piperazine rings is 1. The van der Waals surface area contributed by atoms with E-state index in [-0.39, 0.29) is 11.6 Å². The number of β-amino-alcohol motifs (C(OH)–C–C–N with tert-alkyl or cyclic N) is 1. The molecule has 0 aliphatic carbocycles. The Balaban J connectivity index is 1.41. The molecule has 0 amide bonds. The Morgan fingerprint density at radius 3 is 2.52 bits per heavy atom. The summed E-state index contributed by atoms with van der Waals surface area (Å²) in [5.74, 6) is 0.732. The molecule has 0 bridgehead atoms. The third-order valence-corrected chi connectivity index (χ3v) is 6.21. The molecule has 3 aliphatic heterocycles. The molecule has 25 heavy (non-hydrogen) atoms. The summed E-state index contributed by atoms with van der Waals surface area (Å²) in [5, 5.41) is 10.2. The molecule has 4 nitrogen and oxygen atoms in total. The smallest absolute Gasteiger partial charge is 0.0682 e. The minimum Gasteiger partial charge on any atom is -0.392 e. The number of fused-ring (bicyclic) bond motifs is 2. The van der Waals surface area contributed by atoms with Gasteiger partial charge in [-0.25, -0.2) is 0 Å². The third-order valence-electron chi connectivity index (χ3n) is 6.21.